The van der Waals surface area contributed by atoms with Gasteiger partial charge in [0.1, 0.15) is 0 Å². The third kappa shape index (κ3) is 4.90. The van der Waals surface area contributed by atoms with Gasteiger partial charge in [-0.15, -0.1) is 0 Å². The van der Waals surface area contributed by atoms with Crippen LogP contribution in [0.15, 0.2) is 0 Å². The highest BCUT2D eigenvalue weighted by Crippen LogP contribution is 2.24. The Balaban J connectivity index is 2.28. The second-order valence-corrected chi connectivity index (χ2v) is 6.39. The van der Waals surface area contributed by atoms with Gasteiger partial charge in [-0.05, 0) is 44.8 Å². The van der Waals surface area contributed by atoms with Crippen molar-refractivity contribution in [2.45, 2.75) is 39.5 Å². The summed E-state index contributed by atoms with van der Waals surface area (Å²) in [6.07, 6.45) is 3.65. The summed E-state index contributed by atoms with van der Waals surface area (Å²) in [5.41, 5.74) is 10.9. The minimum absolute atomic E-state index is 0.0700. The lowest BCUT2D eigenvalue weighted by Crippen LogP contribution is -2.39. The Labute approximate surface area is 115 Å². The summed E-state index contributed by atoms with van der Waals surface area (Å²) < 4.78 is 0. The molecule has 0 radical (unpaired) electrons. The summed E-state index contributed by atoms with van der Waals surface area (Å²) in [5, 5.41) is 0. The molecule has 0 aromatic carbocycles. The van der Waals surface area contributed by atoms with E-state index < -0.39 is 0 Å². The van der Waals surface area contributed by atoms with E-state index in [1.165, 1.54) is 0 Å². The minimum atomic E-state index is -0.178. The molecule has 1 rings (SSSR count). The molecule has 1 aliphatic rings. The van der Waals surface area contributed by atoms with Gasteiger partial charge in [-0.1, -0.05) is 26.1 Å². The molecule has 18 heavy (non-hydrogen) atoms. The van der Waals surface area contributed by atoms with Crippen LogP contribution in [0.2, 0.25) is 0 Å². The van der Waals surface area contributed by atoms with Crippen molar-refractivity contribution in [3.8, 4) is 0 Å². The highest BCUT2D eigenvalue weighted by molar-refractivity contribution is 7.80. The van der Waals surface area contributed by atoms with Crippen LogP contribution in [0.4, 0.5) is 0 Å². The lowest BCUT2D eigenvalue weighted by atomic mass is 9.88. The second-order valence-electron chi connectivity index (χ2n) is 5.95. The quantitative estimate of drug-likeness (QED) is 0.714. The van der Waals surface area contributed by atoms with E-state index in [9.17, 15) is 4.79 Å². The number of likely N-dealkylation sites (tertiary alicyclic amines) is 1. The van der Waals surface area contributed by atoms with E-state index in [1.807, 2.05) is 0 Å². The molecule has 0 aromatic heterocycles. The standard InChI is InChI=1S/C13H25N3OS/c1-13(2,12(15)18)5-8-16-6-3-10(4-7-16)9-11(14)17/h10H,3-9H2,1-2H3,(H2,14,17)(H2,15,18). The number of carbonyl (C=O) groups is 1. The maximum Gasteiger partial charge on any atom is 0.217 e. The van der Waals surface area contributed by atoms with Crippen LogP contribution in [0, 0.1) is 11.3 Å². The Morgan fingerprint density at radius 2 is 1.89 bits per heavy atom. The minimum Gasteiger partial charge on any atom is -0.393 e. The molecule has 4 nitrogen and oxygen atoms in total. The fraction of sp³-hybridized carbons (Fsp3) is 0.846. The monoisotopic (exact) mass is 271 g/mol. The molecule has 0 aromatic rings. The average molecular weight is 271 g/mol. The van der Waals surface area contributed by atoms with Crippen molar-refractivity contribution >= 4 is 23.1 Å². The second kappa shape index (κ2) is 6.48. The van der Waals surface area contributed by atoms with Crippen molar-refractivity contribution in [2.75, 3.05) is 19.6 Å². The Morgan fingerprint density at radius 3 is 2.33 bits per heavy atom. The number of nitrogens with two attached hydrogens (primary N) is 2. The van der Waals surface area contributed by atoms with E-state index in [0.29, 0.717) is 17.3 Å². The van der Waals surface area contributed by atoms with E-state index in [0.717, 1.165) is 38.9 Å². The first kappa shape index (κ1) is 15.4. The zero-order chi connectivity index (χ0) is 13.8. The summed E-state index contributed by atoms with van der Waals surface area (Å²) in [4.78, 5) is 13.9. The molecule has 1 fully saturated rings. The fourth-order valence-corrected chi connectivity index (χ4v) is 2.36. The molecule has 5 heteroatoms. The summed E-state index contributed by atoms with van der Waals surface area (Å²) in [6.45, 7) is 7.30. The van der Waals surface area contributed by atoms with Crippen LogP contribution < -0.4 is 11.5 Å². The van der Waals surface area contributed by atoms with Crippen LogP contribution in [0.3, 0.4) is 0 Å². The van der Waals surface area contributed by atoms with E-state index in [-0.39, 0.29) is 11.3 Å². The molecule has 0 saturated carbocycles. The van der Waals surface area contributed by atoms with Crippen LogP contribution in [0.5, 0.6) is 0 Å². The number of piperidine rings is 1. The van der Waals surface area contributed by atoms with Crippen LogP contribution in [0.1, 0.15) is 39.5 Å². The first-order valence-electron chi connectivity index (χ1n) is 6.62. The number of carbonyl (C=O) groups excluding carboxylic acids is 1. The first-order chi connectivity index (χ1) is 8.31. The van der Waals surface area contributed by atoms with Gasteiger partial charge in [0.25, 0.3) is 0 Å². The van der Waals surface area contributed by atoms with E-state index in [4.69, 9.17) is 23.7 Å². The molecule has 1 heterocycles. The molecule has 1 saturated heterocycles. The summed E-state index contributed by atoms with van der Waals surface area (Å²) >= 11 is 5.07. The van der Waals surface area contributed by atoms with E-state index in [1.54, 1.807) is 0 Å². The van der Waals surface area contributed by atoms with Crippen molar-refractivity contribution < 1.29 is 4.79 Å². The Bertz CT molecular complexity index is 309. The van der Waals surface area contributed by atoms with Gasteiger partial charge < -0.3 is 16.4 Å². The van der Waals surface area contributed by atoms with Gasteiger partial charge in [0.2, 0.25) is 5.91 Å². The van der Waals surface area contributed by atoms with Gasteiger partial charge >= 0.3 is 0 Å². The highest BCUT2D eigenvalue weighted by atomic mass is 32.1. The third-order valence-corrected chi connectivity index (χ3v) is 4.47. The first-order valence-corrected chi connectivity index (χ1v) is 7.02. The molecular formula is C13H25N3OS. The summed E-state index contributed by atoms with van der Waals surface area (Å²) in [5.74, 6) is 0.297. The van der Waals surface area contributed by atoms with Crippen molar-refractivity contribution in [1.29, 1.82) is 0 Å². The van der Waals surface area contributed by atoms with Crippen molar-refractivity contribution in [3.05, 3.63) is 0 Å². The van der Waals surface area contributed by atoms with Crippen LogP contribution in [-0.2, 0) is 4.79 Å². The molecular weight excluding hydrogens is 246 g/mol. The number of thiocarbonyl (C=S) groups is 1. The number of hydrogen-bond donors (Lipinski definition) is 2. The molecule has 0 spiro atoms. The molecule has 0 atom stereocenters. The zero-order valence-electron chi connectivity index (χ0n) is 11.4. The molecule has 1 aliphatic heterocycles. The Kier molecular flexibility index (Phi) is 5.53. The topological polar surface area (TPSA) is 72.3 Å². The van der Waals surface area contributed by atoms with Crippen molar-refractivity contribution in [2.24, 2.45) is 22.8 Å². The van der Waals surface area contributed by atoms with Gasteiger partial charge in [-0.25, -0.2) is 0 Å². The van der Waals surface area contributed by atoms with Crippen LogP contribution in [-0.4, -0.2) is 35.4 Å². The van der Waals surface area contributed by atoms with Gasteiger partial charge in [-0.2, -0.15) is 0 Å². The fourth-order valence-electron chi connectivity index (χ4n) is 2.26. The van der Waals surface area contributed by atoms with Gasteiger partial charge in [0, 0.05) is 11.8 Å². The zero-order valence-corrected chi connectivity index (χ0v) is 12.3. The lowest BCUT2D eigenvalue weighted by Gasteiger charge is -2.34. The van der Waals surface area contributed by atoms with Crippen LogP contribution in [0.25, 0.3) is 0 Å². The normalized spacial score (nSPS) is 18.8. The van der Waals surface area contributed by atoms with E-state index >= 15 is 0 Å². The van der Waals surface area contributed by atoms with Gasteiger partial charge in [-0.3, -0.25) is 4.79 Å². The molecule has 4 N–H and O–H groups in total. The predicted octanol–water partition coefficient (Wildman–Crippen LogP) is 1.28. The third-order valence-electron chi connectivity index (χ3n) is 3.92. The predicted molar refractivity (Wildman–Crippen MR) is 78.2 cm³/mol. The smallest absolute Gasteiger partial charge is 0.217 e. The highest BCUT2D eigenvalue weighted by Gasteiger charge is 2.25. The molecule has 1 amide bonds. The largest absolute Gasteiger partial charge is 0.393 e. The molecule has 0 aliphatic carbocycles. The number of nitrogens with zero attached hydrogens (tertiary/aromatic N) is 1. The number of primary amides is 1. The van der Waals surface area contributed by atoms with Crippen molar-refractivity contribution in [1.82, 2.24) is 4.90 Å². The van der Waals surface area contributed by atoms with Gasteiger partial charge in [0.05, 0.1) is 4.99 Å². The molecule has 0 bridgehead atoms. The van der Waals surface area contributed by atoms with Crippen molar-refractivity contribution in [3.63, 3.8) is 0 Å². The van der Waals surface area contributed by atoms with E-state index in [2.05, 4.69) is 18.7 Å². The van der Waals surface area contributed by atoms with Gasteiger partial charge in [0.15, 0.2) is 0 Å². The summed E-state index contributed by atoms with van der Waals surface area (Å²) in [6, 6.07) is 0. The number of amides is 1. The average Bonchev–Trinajstić information content (AvgIpc) is 2.27. The molecule has 0 unspecified atom stereocenters. The summed E-state index contributed by atoms with van der Waals surface area (Å²) in [7, 11) is 0. The Morgan fingerprint density at radius 1 is 1.33 bits per heavy atom. The lowest BCUT2D eigenvalue weighted by molar-refractivity contribution is -0.119. The molecule has 104 valence electrons. The maximum atomic E-state index is 10.9. The number of hydrogen-bond acceptors (Lipinski definition) is 3. The Hall–Kier alpha value is -0.680. The maximum absolute atomic E-state index is 10.9. The number of rotatable bonds is 6. The van der Waals surface area contributed by atoms with Crippen LogP contribution >= 0.6 is 12.2 Å². The SMILES string of the molecule is CC(C)(CCN1CCC(CC(N)=O)CC1)C(N)=S.